The molecule has 0 atom stereocenters. The van der Waals surface area contributed by atoms with Crippen molar-refractivity contribution < 1.29 is 0 Å². The smallest absolute Gasteiger partial charge is 0.191 e. The van der Waals surface area contributed by atoms with E-state index >= 15 is 0 Å². The Bertz CT molecular complexity index is 722. The lowest BCUT2D eigenvalue weighted by Gasteiger charge is -2.27. The summed E-state index contributed by atoms with van der Waals surface area (Å²) in [6.45, 7) is 7.26. The van der Waals surface area contributed by atoms with Crippen LogP contribution in [0.15, 0.2) is 41.4 Å². The summed E-state index contributed by atoms with van der Waals surface area (Å²) in [7, 11) is 1.83. The van der Waals surface area contributed by atoms with Crippen molar-refractivity contribution >= 4 is 41.3 Å². The Hall–Kier alpha value is -1.12. The molecule has 0 bridgehead atoms. The molecule has 27 heavy (non-hydrogen) atoms. The molecule has 2 aromatic rings. The molecular formula is C21H31IN4S. The Labute approximate surface area is 184 Å². The molecule has 1 aromatic heterocycles. The van der Waals surface area contributed by atoms with E-state index in [0.717, 1.165) is 25.6 Å². The fraction of sp³-hybridized carbons (Fsp3) is 0.476. The first kappa shape index (κ1) is 22.2. The molecule has 148 valence electrons. The van der Waals surface area contributed by atoms with Crippen LogP contribution in [0.1, 0.15) is 40.1 Å². The Kier molecular flexibility index (Phi) is 9.58. The first-order chi connectivity index (χ1) is 12.7. The minimum absolute atomic E-state index is 0. The summed E-state index contributed by atoms with van der Waals surface area (Å²) in [5, 5.41) is 6.87. The minimum Gasteiger partial charge on any atom is -0.352 e. The third-order valence-corrected chi connectivity index (χ3v) is 5.86. The molecule has 2 heterocycles. The molecule has 0 amide bonds. The molecule has 0 saturated carbocycles. The van der Waals surface area contributed by atoms with E-state index in [2.05, 4.69) is 63.8 Å². The third-order valence-electron chi connectivity index (χ3n) is 4.86. The number of halogens is 1. The lowest BCUT2D eigenvalue weighted by molar-refractivity contribution is 0.220. The van der Waals surface area contributed by atoms with Crippen molar-refractivity contribution in [1.29, 1.82) is 0 Å². The first-order valence-corrected chi connectivity index (χ1v) is 10.4. The maximum Gasteiger partial charge on any atom is 0.191 e. The maximum absolute atomic E-state index is 4.36. The number of benzene rings is 1. The van der Waals surface area contributed by atoms with Crippen LogP contribution in [0.2, 0.25) is 0 Å². The number of aliphatic imine (C=N–C) groups is 1. The largest absolute Gasteiger partial charge is 0.352 e. The normalized spacial score (nSPS) is 15.3. The van der Waals surface area contributed by atoms with Gasteiger partial charge in [0.2, 0.25) is 0 Å². The van der Waals surface area contributed by atoms with Crippen molar-refractivity contribution in [3.05, 3.63) is 57.3 Å². The molecule has 0 aliphatic carbocycles. The number of hydrogen-bond donors (Lipinski definition) is 2. The van der Waals surface area contributed by atoms with Crippen LogP contribution >= 0.6 is 35.3 Å². The highest BCUT2D eigenvalue weighted by molar-refractivity contribution is 14.0. The van der Waals surface area contributed by atoms with E-state index in [-0.39, 0.29) is 24.0 Å². The number of hydrogen-bond acceptors (Lipinski definition) is 3. The lowest BCUT2D eigenvalue weighted by Crippen LogP contribution is -2.36. The highest BCUT2D eigenvalue weighted by atomic mass is 127. The van der Waals surface area contributed by atoms with E-state index in [4.69, 9.17) is 0 Å². The standard InChI is InChI=1S/C21H30N4S.HI/c1-17-10-11-20(26-17)15-24-21(22-2)23-14-18-8-4-5-9-19(18)16-25-12-6-3-7-13-25;/h4-5,8-11H,3,6-7,12-16H2,1-2H3,(H2,22,23,24);1H. The van der Waals surface area contributed by atoms with Crippen molar-refractivity contribution in [3.8, 4) is 0 Å². The summed E-state index contributed by atoms with van der Waals surface area (Å²) < 4.78 is 0. The molecule has 1 fully saturated rings. The van der Waals surface area contributed by atoms with Gasteiger partial charge in [-0.2, -0.15) is 0 Å². The van der Waals surface area contributed by atoms with Gasteiger partial charge in [0, 0.05) is 29.9 Å². The fourth-order valence-corrected chi connectivity index (χ4v) is 4.22. The summed E-state index contributed by atoms with van der Waals surface area (Å²) in [6, 6.07) is 13.1. The van der Waals surface area contributed by atoms with Crippen LogP contribution in [0.25, 0.3) is 0 Å². The second-order valence-electron chi connectivity index (χ2n) is 6.90. The Morgan fingerprint density at radius 1 is 1.00 bits per heavy atom. The second kappa shape index (κ2) is 11.7. The number of nitrogens with zero attached hydrogens (tertiary/aromatic N) is 2. The van der Waals surface area contributed by atoms with E-state index in [1.54, 1.807) is 0 Å². The van der Waals surface area contributed by atoms with Gasteiger partial charge in [-0.3, -0.25) is 9.89 Å². The van der Waals surface area contributed by atoms with Crippen LogP contribution in [0.3, 0.4) is 0 Å². The second-order valence-corrected chi connectivity index (χ2v) is 8.27. The average Bonchev–Trinajstić information content (AvgIpc) is 3.09. The van der Waals surface area contributed by atoms with E-state index in [1.165, 1.54) is 53.2 Å². The molecule has 0 unspecified atom stereocenters. The zero-order valence-electron chi connectivity index (χ0n) is 16.3. The van der Waals surface area contributed by atoms with Crippen molar-refractivity contribution in [1.82, 2.24) is 15.5 Å². The summed E-state index contributed by atoms with van der Waals surface area (Å²) in [5.41, 5.74) is 2.78. The summed E-state index contributed by atoms with van der Waals surface area (Å²) in [6.07, 6.45) is 4.05. The molecule has 0 spiro atoms. The van der Waals surface area contributed by atoms with Gasteiger partial charge in [-0.15, -0.1) is 35.3 Å². The number of guanidine groups is 1. The Morgan fingerprint density at radius 2 is 1.70 bits per heavy atom. The fourth-order valence-electron chi connectivity index (χ4n) is 3.39. The van der Waals surface area contributed by atoms with Crippen molar-refractivity contribution in [2.75, 3.05) is 20.1 Å². The third kappa shape index (κ3) is 7.08. The van der Waals surface area contributed by atoms with Gasteiger partial charge in [-0.05, 0) is 56.1 Å². The van der Waals surface area contributed by atoms with Crippen LogP contribution in [0.5, 0.6) is 0 Å². The maximum atomic E-state index is 4.36. The van der Waals surface area contributed by atoms with Crippen LogP contribution in [-0.4, -0.2) is 31.0 Å². The van der Waals surface area contributed by atoms with Crippen molar-refractivity contribution in [3.63, 3.8) is 0 Å². The predicted molar refractivity (Wildman–Crippen MR) is 127 cm³/mol. The number of rotatable bonds is 6. The molecule has 0 radical (unpaired) electrons. The SMILES string of the molecule is CN=C(NCc1ccc(C)s1)NCc1ccccc1CN1CCCCC1.I. The van der Waals surface area contributed by atoms with Crippen molar-refractivity contribution in [2.45, 2.75) is 45.8 Å². The van der Waals surface area contributed by atoms with Gasteiger partial charge in [0.05, 0.1) is 6.54 Å². The number of likely N-dealkylation sites (tertiary alicyclic amines) is 1. The monoisotopic (exact) mass is 498 g/mol. The minimum atomic E-state index is 0. The van der Waals surface area contributed by atoms with Crippen LogP contribution in [0, 0.1) is 6.92 Å². The molecule has 1 aromatic carbocycles. The quantitative estimate of drug-likeness (QED) is 0.350. The number of piperidine rings is 1. The van der Waals surface area contributed by atoms with Gasteiger partial charge in [0.15, 0.2) is 5.96 Å². The van der Waals surface area contributed by atoms with Crippen molar-refractivity contribution in [2.24, 2.45) is 4.99 Å². The molecule has 1 saturated heterocycles. The Morgan fingerprint density at radius 3 is 2.37 bits per heavy atom. The molecule has 2 N–H and O–H groups in total. The molecule has 1 aliphatic heterocycles. The summed E-state index contributed by atoms with van der Waals surface area (Å²) >= 11 is 1.83. The molecule has 3 rings (SSSR count). The van der Waals surface area contributed by atoms with Gasteiger partial charge in [0.1, 0.15) is 0 Å². The average molecular weight is 498 g/mol. The van der Waals surface area contributed by atoms with Crippen LogP contribution < -0.4 is 10.6 Å². The van der Waals surface area contributed by atoms with Crippen LogP contribution in [0.4, 0.5) is 0 Å². The van der Waals surface area contributed by atoms with Gasteiger partial charge in [0.25, 0.3) is 0 Å². The molecule has 1 aliphatic rings. The van der Waals surface area contributed by atoms with Gasteiger partial charge in [-0.25, -0.2) is 0 Å². The molecule has 4 nitrogen and oxygen atoms in total. The van der Waals surface area contributed by atoms with Gasteiger partial charge < -0.3 is 10.6 Å². The van der Waals surface area contributed by atoms with E-state index in [1.807, 2.05) is 18.4 Å². The zero-order valence-corrected chi connectivity index (χ0v) is 19.5. The molecular weight excluding hydrogens is 467 g/mol. The zero-order chi connectivity index (χ0) is 18.2. The highest BCUT2D eigenvalue weighted by Gasteiger charge is 2.12. The Balaban J connectivity index is 0.00000261. The highest BCUT2D eigenvalue weighted by Crippen LogP contribution is 2.16. The predicted octanol–water partition coefficient (Wildman–Crippen LogP) is 4.53. The van der Waals surface area contributed by atoms with E-state index in [9.17, 15) is 0 Å². The number of aryl methyl sites for hydroxylation is 1. The lowest BCUT2D eigenvalue weighted by atomic mass is 10.0. The van der Waals surface area contributed by atoms with Gasteiger partial charge >= 0.3 is 0 Å². The summed E-state index contributed by atoms with van der Waals surface area (Å²) in [5.74, 6) is 0.851. The number of nitrogens with one attached hydrogen (secondary N) is 2. The van der Waals surface area contributed by atoms with Crippen LogP contribution in [-0.2, 0) is 19.6 Å². The first-order valence-electron chi connectivity index (χ1n) is 9.53. The number of thiophene rings is 1. The topological polar surface area (TPSA) is 39.7 Å². The molecule has 6 heteroatoms. The van der Waals surface area contributed by atoms with E-state index in [0.29, 0.717) is 0 Å². The van der Waals surface area contributed by atoms with Gasteiger partial charge in [-0.1, -0.05) is 30.7 Å². The summed E-state index contributed by atoms with van der Waals surface area (Å²) in [4.78, 5) is 9.61. The van der Waals surface area contributed by atoms with E-state index < -0.39 is 0 Å².